The first kappa shape index (κ1) is 12.6. The molecule has 1 saturated carbocycles. The largest absolute Gasteiger partial charge is 0.497 e. The highest BCUT2D eigenvalue weighted by Gasteiger charge is 2.52. The average Bonchev–Trinajstić information content (AvgIpc) is 2.97. The van der Waals surface area contributed by atoms with Gasteiger partial charge in [-0.15, -0.1) is 0 Å². The van der Waals surface area contributed by atoms with Crippen LogP contribution in [-0.4, -0.2) is 30.6 Å². The molecular formula is C12H21BN2O2. The molecule has 0 atom stereocenters. The molecule has 5 heteroatoms. The van der Waals surface area contributed by atoms with E-state index in [1.165, 1.54) is 19.0 Å². The molecule has 0 bridgehead atoms. The summed E-state index contributed by atoms with van der Waals surface area (Å²) in [5.41, 5.74) is 5.76. The first-order valence-electron chi connectivity index (χ1n) is 6.16. The van der Waals surface area contributed by atoms with Crippen molar-refractivity contribution in [3.8, 4) is 0 Å². The third-order valence-corrected chi connectivity index (χ3v) is 3.70. The molecule has 2 fully saturated rings. The molecule has 1 saturated heterocycles. The zero-order chi connectivity index (χ0) is 12.7. The van der Waals surface area contributed by atoms with E-state index in [9.17, 15) is 0 Å². The molecule has 0 aromatic carbocycles. The summed E-state index contributed by atoms with van der Waals surface area (Å²) >= 11 is 0. The number of hydrogen-bond acceptors (Lipinski definition) is 4. The Morgan fingerprint density at radius 3 is 2.18 bits per heavy atom. The topological polar surface area (TPSA) is 56.8 Å². The average molecular weight is 236 g/mol. The molecular weight excluding hydrogens is 215 g/mol. The lowest BCUT2D eigenvalue weighted by molar-refractivity contribution is 0.00578. The van der Waals surface area contributed by atoms with Crippen LogP contribution < -0.4 is 5.73 Å². The molecule has 4 nitrogen and oxygen atoms in total. The number of hydrogen-bond donors (Lipinski definition) is 1. The van der Waals surface area contributed by atoms with Crippen LogP contribution in [0, 0.1) is 0 Å². The van der Waals surface area contributed by atoms with E-state index in [0.29, 0.717) is 6.04 Å². The molecule has 1 heterocycles. The van der Waals surface area contributed by atoms with E-state index in [0.717, 1.165) is 5.47 Å². The van der Waals surface area contributed by atoms with Gasteiger partial charge in [-0.1, -0.05) is 0 Å². The molecule has 0 spiro atoms. The fraction of sp³-hybridized carbons (Fsp3) is 0.750. The van der Waals surface area contributed by atoms with Gasteiger partial charge in [0.2, 0.25) is 0 Å². The highest BCUT2D eigenvalue weighted by Crippen LogP contribution is 2.38. The Bertz CT molecular complexity index is 344. The van der Waals surface area contributed by atoms with Gasteiger partial charge in [0.25, 0.3) is 0 Å². The first-order chi connectivity index (χ1) is 7.86. The Kier molecular flexibility index (Phi) is 3.08. The van der Waals surface area contributed by atoms with E-state index in [1.54, 1.807) is 6.21 Å². The summed E-state index contributed by atoms with van der Waals surface area (Å²) in [6.07, 6.45) is 5.67. The van der Waals surface area contributed by atoms with Crippen molar-refractivity contribution in [3.63, 3.8) is 0 Å². The van der Waals surface area contributed by atoms with Crippen molar-refractivity contribution in [3.05, 3.63) is 11.7 Å². The number of nitrogens with zero attached hydrogens (tertiary/aromatic N) is 1. The smallest absolute Gasteiger partial charge is 0.405 e. The first-order valence-corrected chi connectivity index (χ1v) is 6.16. The molecule has 0 amide bonds. The number of allylic oxidation sites excluding steroid dienone is 1. The number of nitrogens with two attached hydrogens (primary N) is 1. The van der Waals surface area contributed by atoms with Crippen LogP contribution in [0.3, 0.4) is 0 Å². The predicted octanol–water partition coefficient (Wildman–Crippen LogP) is 1.69. The quantitative estimate of drug-likeness (QED) is 0.599. The van der Waals surface area contributed by atoms with Gasteiger partial charge in [-0.25, -0.2) is 0 Å². The van der Waals surface area contributed by atoms with Crippen LogP contribution in [0.5, 0.6) is 0 Å². The minimum Gasteiger partial charge on any atom is -0.405 e. The fourth-order valence-electron chi connectivity index (χ4n) is 1.58. The van der Waals surface area contributed by atoms with Crippen molar-refractivity contribution in [2.45, 2.75) is 57.8 Å². The number of rotatable bonds is 3. The molecule has 2 N–H and O–H groups in total. The second-order valence-electron chi connectivity index (χ2n) is 5.76. The molecule has 0 unspecified atom stereocenters. The number of aliphatic imine (C=N–C) groups is 1. The Morgan fingerprint density at radius 1 is 1.24 bits per heavy atom. The van der Waals surface area contributed by atoms with E-state index >= 15 is 0 Å². The molecule has 0 aromatic rings. The van der Waals surface area contributed by atoms with Gasteiger partial charge in [0, 0.05) is 11.7 Å². The van der Waals surface area contributed by atoms with Gasteiger partial charge in [-0.05, 0) is 46.7 Å². The zero-order valence-corrected chi connectivity index (χ0v) is 11.1. The summed E-state index contributed by atoms with van der Waals surface area (Å²) < 4.78 is 11.8. The summed E-state index contributed by atoms with van der Waals surface area (Å²) in [6.45, 7) is 8.11. The summed E-state index contributed by atoms with van der Waals surface area (Å²) in [5.74, 6) is 0. The van der Waals surface area contributed by atoms with Crippen molar-refractivity contribution in [1.29, 1.82) is 0 Å². The summed E-state index contributed by atoms with van der Waals surface area (Å²) in [6, 6.07) is 0.479. The molecule has 94 valence electrons. The Morgan fingerprint density at radius 2 is 1.76 bits per heavy atom. The lowest BCUT2D eigenvalue weighted by Crippen LogP contribution is -2.41. The van der Waals surface area contributed by atoms with Crippen LogP contribution in [0.4, 0.5) is 0 Å². The summed E-state index contributed by atoms with van der Waals surface area (Å²) in [5, 5.41) is 0. The highest BCUT2D eigenvalue weighted by atomic mass is 16.7. The minimum absolute atomic E-state index is 0.334. The van der Waals surface area contributed by atoms with Gasteiger partial charge in [0.05, 0.1) is 17.2 Å². The monoisotopic (exact) mass is 236 g/mol. The lowest BCUT2D eigenvalue weighted by atomic mass is 9.79. The van der Waals surface area contributed by atoms with Gasteiger partial charge >= 0.3 is 7.12 Å². The van der Waals surface area contributed by atoms with Gasteiger partial charge < -0.3 is 15.0 Å². The van der Waals surface area contributed by atoms with Gasteiger partial charge in [0.15, 0.2) is 0 Å². The van der Waals surface area contributed by atoms with E-state index in [1.807, 2.05) is 27.7 Å². The molecule has 1 aliphatic heterocycles. The maximum absolute atomic E-state index is 5.91. The summed E-state index contributed by atoms with van der Waals surface area (Å²) in [7, 11) is -0.410. The van der Waals surface area contributed by atoms with Crippen LogP contribution in [0.25, 0.3) is 0 Å². The minimum atomic E-state index is -0.410. The van der Waals surface area contributed by atoms with E-state index < -0.39 is 7.12 Å². The van der Waals surface area contributed by atoms with Gasteiger partial charge in [-0.2, -0.15) is 0 Å². The van der Waals surface area contributed by atoms with Gasteiger partial charge in [0.1, 0.15) is 0 Å². The molecule has 2 aliphatic rings. The van der Waals surface area contributed by atoms with Crippen molar-refractivity contribution < 1.29 is 9.31 Å². The third kappa shape index (κ3) is 2.55. The van der Waals surface area contributed by atoms with Crippen molar-refractivity contribution in [2.24, 2.45) is 10.7 Å². The molecule has 2 rings (SSSR count). The fourth-order valence-corrected chi connectivity index (χ4v) is 1.58. The maximum atomic E-state index is 5.91. The van der Waals surface area contributed by atoms with E-state index in [4.69, 9.17) is 15.0 Å². The highest BCUT2D eigenvalue weighted by molar-refractivity contribution is 6.60. The second-order valence-corrected chi connectivity index (χ2v) is 5.76. The van der Waals surface area contributed by atoms with Crippen LogP contribution in [-0.2, 0) is 9.31 Å². The van der Waals surface area contributed by atoms with Crippen molar-refractivity contribution >= 4 is 13.3 Å². The maximum Gasteiger partial charge on any atom is 0.497 e. The Balaban J connectivity index is 2.07. The molecule has 0 aromatic heterocycles. The zero-order valence-electron chi connectivity index (χ0n) is 11.1. The van der Waals surface area contributed by atoms with Gasteiger partial charge in [-0.3, -0.25) is 4.99 Å². The van der Waals surface area contributed by atoms with E-state index in [-0.39, 0.29) is 11.2 Å². The van der Waals surface area contributed by atoms with Crippen LogP contribution in [0.1, 0.15) is 40.5 Å². The molecule has 17 heavy (non-hydrogen) atoms. The molecule has 1 aliphatic carbocycles. The Hall–Kier alpha value is -0.805. The van der Waals surface area contributed by atoms with E-state index in [2.05, 4.69) is 4.99 Å². The SMILES string of the molecule is CC1(C)OB(C(C=NC2CC2)=CN)OC1(C)C. The van der Waals surface area contributed by atoms with Crippen molar-refractivity contribution in [1.82, 2.24) is 0 Å². The lowest BCUT2D eigenvalue weighted by Gasteiger charge is -2.32. The van der Waals surface area contributed by atoms with Crippen LogP contribution in [0.2, 0.25) is 0 Å². The Labute approximate surface area is 103 Å². The third-order valence-electron chi connectivity index (χ3n) is 3.70. The van der Waals surface area contributed by atoms with Crippen LogP contribution >= 0.6 is 0 Å². The standard InChI is InChI=1S/C12H21BN2O2/c1-11(2)12(3,4)17-13(16-11)9(7-14)8-15-10-5-6-10/h7-8,10H,5-6,14H2,1-4H3. The second kappa shape index (κ2) is 4.14. The normalized spacial score (nSPS) is 28.0. The molecule has 0 radical (unpaired) electrons. The predicted molar refractivity (Wildman–Crippen MR) is 69.9 cm³/mol. The summed E-state index contributed by atoms with van der Waals surface area (Å²) in [4.78, 5) is 4.41. The van der Waals surface area contributed by atoms with Crippen LogP contribution in [0.15, 0.2) is 16.7 Å². The van der Waals surface area contributed by atoms with Crippen molar-refractivity contribution in [2.75, 3.05) is 0 Å².